The molecule has 3 atom stereocenters. The van der Waals surface area contributed by atoms with Gasteiger partial charge in [-0.25, -0.2) is 0 Å². The van der Waals surface area contributed by atoms with E-state index in [1.165, 1.54) is 12.8 Å². The highest BCUT2D eigenvalue weighted by Crippen LogP contribution is 2.33. The number of nitrogens with two attached hydrogens (primary N) is 1. The molecule has 0 radical (unpaired) electrons. The second kappa shape index (κ2) is 8.76. The maximum Gasteiger partial charge on any atom is 0.309 e. The van der Waals surface area contributed by atoms with Crippen LogP contribution in [-0.2, 0) is 9.53 Å². The van der Waals surface area contributed by atoms with E-state index in [2.05, 4.69) is 6.92 Å². The van der Waals surface area contributed by atoms with Gasteiger partial charge in [-0.2, -0.15) is 0 Å². The van der Waals surface area contributed by atoms with Crippen LogP contribution in [0.15, 0.2) is 0 Å². The van der Waals surface area contributed by atoms with E-state index in [9.17, 15) is 4.79 Å². The number of ether oxygens (including phenoxy) is 1. The average Bonchev–Trinajstić information content (AvgIpc) is 2.26. The lowest BCUT2D eigenvalue weighted by Gasteiger charge is -2.33. The van der Waals surface area contributed by atoms with Crippen molar-refractivity contribution in [2.24, 2.45) is 17.6 Å². The molecule has 0 saturated heterocycles. The van der Waals surface area contributed by atoms with Crippen LogP contribution in [0.25, 0.3) is 0 Å². The molecule has 17 heavy (non-hydrogen) atoms. The summed E-state index contributed by atoms with van der Waals surface area (Å²) in [7, 11) is 0. The van der Waals surface area contributed by atoms with Crippen molar-refractivity contribution in [1.29, 1.82) is 0 Å². The van der Waals surface area contributed by atoms with Gasteiger partial charge in [0.2, 0.25) is 0 Å². The van der Waals surface area contributed by atoms with E-state index >= 15 is 0 Å². The van der Waals surface area contributed by atoms with Crippen molar-refractivity contribution in [2.45, 2.75) is 58.4 Å². The number of hydrogen-bond donors (Lipinski definition) is 1. The fraction of sp³-hybridized carbons (Fsp3) is 0.923. The Kier molecular flexibility index (Phi) is 8.61. The summed E-state index contributed by atoms with van der Waals surface area (Å²) in [6.07, 6.45) is 6.35. The highest BCUT2D eigenvalue weighted by molar-refractivity contribution is 5.85. The minimum Gasteiger partial charge on any atom is -0.466 e. The zero-order valence-corrected chi connectivity index (χ0v) is 11.8. The van der Waals surface area contributed by atoms with Gasteiger partial charge in [-0.05, 0) is 38.5 Å². The molecule has 0 aliphatic heterocycles. The van der Waals surface area contributed by atoms with E-state index in [-0.39, 0.29) is 30.3 Å². The number of carbonyl (C=O) groups is 1. The van der Waals surface area contributed by atoms with Crippen LogP contribution in [0.2, 0.25) is 0 Å². The lowest BCUT2D eigenvalue weighted by atomic mass is 9.75. The van der Waals surface area contributed by atoms with E-state index in [4.69, 9.17) is 10.5 Å². The Morgan fingerprint density at radius 3 is 2.65 bits per heavy atom. The maximum atomic E-state index is 11.8. The van der Waals surface area contributed by atoms with E-state index < -0.39 is 0 Å². The molecular weight excluding hydrogens is 238 g/mol. The van der Waals surface area contributed by atoms with Gasteiger partial charge in [-0.3, -0.25) is 4.79 Å². The fourth-order valence-electron chi connectivity index (χ4n) is 2.65. The third kappa shape index (κ3) is 5.26. The molecule has 1 fully saturated rings. The molecule has 4 heteroatoms. The number of hydrogen-bond acceptors (Lipinski definition) is 3. The van der Waals surface area contributed by atoms with Crippen molar-refractivity contribution in [2.75, 3.05) is 6.61 Å². The Labute approximate surface area is 111 Å². The first-order valence-corrected chi connectivity index (χ1v) is 6.61. The standard InChI is InChI=1S/C13H25NO2.ClH/c1-3-5-6-10-9-11(14)7-8-12(10)13(15)16-4-2;/h10-12H,3-9,14H2,1-2H3;1H. The van der Waals surface area contributed by atoms with Gasteiger partial charge in [0.1, 0.15) is 0 Å². The van der Waals surface area contributed by atoms with Crippen molar-refractivity contribution in [3.8, 4) is 0 Å². The SMILES string of the molecule is CCCCC1CC(N)CCC1C(=O)OCC.Cl. The lowest BCUT2D eigenvalue weighted by Crippen LogP contribution is -2.37. The third-order valence-corrected chi connectivity index (χ3v) is 3.54. The van der Waals surface area contributed by atoms with Crippen LogP contribution < -0.4 is 5.73 Å². The minimum atomic E-state index is -0.00416. The molecular formula is C13H26ClNO2. The zero-order chi connectivity index (χ0) is 12.0. The predicted octanol–water partition coefficient (Wildman–Crippen LogP) is 2.91. The first-order chi connectivity index (χ1) is 7.69. The molecule has 0 aromatic rings. The molecule has 102 valence electrons. The van der Waals surface area contributed by atoms with E-state index in [1.54, 1.807) is 0 Å². The first kappa shape index (κ1) is 16.7. The van der Waals surface area contributed by atoms with Crippen LogP contribution in [0, 0.1) is 11.8 Å². The summed E-state index contributed by atoms with van der Waals surface area (Å²) in [6, 6.07) is 0.285. The lowest BCUT2D eigenvalue weighted by molar-refractivity contribution is -0.151. The number of rotatable bonds is 5. The Hall–Kier alpha value is -0.280. The van der Waals surface area contributed by atoms with Crippen LogP contribution in [-0.4, -0.2) is 18.6 Å². The molecule has 0 heterocycles. The molecule has 3 nitrogen and oxygen atoms in total. The van der Waals surface area contributed by atoms with Crippen molar-refractivity contribution < 1.29 is 9.53 Å². The van der Waals surface area contributed by atoms with Crippen molar-refractivity contribution in [1.82, 2.24) is 0 Å². The van der Waals surface area contributed by atoms with Crippen LogP contribution in [0.4, 0.5) is 0 Å². The number of carbonyl (C=O) groups excluding carboxylic acids is 1. The molecule has 1 aliphatic rings. The molecule has 0 aromatic heterocycles. The summed E-state index contributed by atoms with van der Waals surface area (Å²) < 4.78 is 5.15. The summed E-state index contributed by atoms with van der Waals surface area (Å²) in [4.78, 5) is 11.8. The summed E-state index contributed by atoms with van der Waals surface area (Å²) in [5.74, 6) is 0.546. The van der Waals surface area contributed by atoms with Crippen LogP contribution in [0.1, 0.15) is 52.4 Å². The van der Waals surface area contributed by atoms with Crippen LogP contribution in [0.3, 0.4) is 0 Å². The quantitative estimate of drug-likeness (QED) is 0.776. The van der Waals surface area contributed by atoms with E-state index in [0.29, 0.717) is 12.5 Å². The normalized spacial score (nSPS) is 28.3. The monoisotopic (exact) mass is 263 g/mol. The van der Waals surface area contributed by atoms with Crippen LogP contribution in [0.5, 0.6) is 0 Å². The highest BCUT2D eigenvalue weighted by Gasteiger charge is 2.34. The van der Waals surface area contributed by atoms with Gasteiger partial charge in [-0.1, -0.05) is 19.8 Å². The van der Waals surface area contributed by atoms with E-state index in [1.807, 2.05) is 6.92 Å². The molecule has 0 amide bonds. The van der Waals surface area contributed by atoms with Gasteiger partial charge in [-0.15, -0.1) is 12.4 Å². The first-order valence-electron chi connectivity index (χ1n) is 6.61. The van der Waals surface area contributed by atoms with Gasteiger partial charge in [0.15, 0.2) is 0 Å². The Morgan fingerprint density at radius 1 is 1.35 bits per heavy atom. The molecule has 0 bridgehead atoms. The number of esters is 1. The van der Waals surface area contributed by atoms with Crippen molar-refractivity contribution >= 4 is 18.4 Å². The zero-order valence-electron chi connectivity index (χ0n) is 11.0. The van der Waals surface area contributed by atoms with Gasteiger partial charge >= 0.3 is 5.97 Å². The Morgan fingerprint density at radius 2 is 2.06 bits per heavy atom. The molecule has 2 N–H and O–H groups in total. The predicted molar refractivity (Wildman–Crippen MR) is 72.2 cm³/mol. The molecule has 1 aliphatic carbocycles. The summed E-state index contributed by atoms with van der Waals surface area (Å²) in [5, 5.41) is 0. The Bertz CT molecular complexity index is 223. The molecule has 3 unspecified atom stereocenters. The summed E-state index contributed by atoms with van der Waals surface area (Å²) in [5.41, 5.74) is 5.98. The number of halogens is 1. The molecule has 1 saturated carbocycles. The number of unbranched alkanes of at least 4 members (excludes halogenated alkanes) is 1. The fourth-order valence-corrected chi connectivity index (χ4v) is 2.65. The van der Waals surface area contributed by atoms with Crippen LogP contribution >= 0.6 is 12.4 Å². The smallest absolute Gasteiger partial charge is 0.309 e. The van der Waals surface area contributed by atoms with E-state index in [0.717, 1.165) is 25.7 Å². The molecule has 0 aromatic carbocycles. The van der Waals surface area contributed by atoms with Crippen molar-refractivity contribution in [3.05, 3.63) is 0 Å². The average molecular weight is 264 g/mol. The molecule has 0 spiro atoms. The summed E-state index contributed by atoms with van der Waals surface area (Å²) in [6.45, 7) is 4.54. The minimum absolute atomic E-state index is 0. The topological polar surface area (TPSA) is 52.3 Å². The second-order valence-electron chi connectivity index (χ2n) is 4.83. The van der Waals surface area contributed by atoms with Gasteiger partial charge in [0, 0.05) is 6.04 Å². The highest BCUT2D eigenvalue weighted by atomic mass is 35.5. The summed E-state index contributed by atoms with van der Waals surface area (Å²) >= 11 is 0. The Balaban J connectivity index is 0.00000256. The second-order valence-corrected chi connectivity index (χ2v) is 4.83. The maximum absolute atomic E-state index is 11.8. The largest absolute Gasteiger partial charge is 0.466 e. The van der Waals surface area contributed by atoms with Crippen molar-refractivity contribution in [3.63, 3.8) is 0 Å². The van der Waals surface area contributed by atoms with Gasteiger partial charge in [0.25, 0.3) is 0 Å². The molecule has 1 rings (SSSR count). The third-order valence-electron chi connectivity index (χ3n) is 3.54. The van der Waals surface area contributed by atoms with Gasteiger partial charge < -0.3 is 10.5 Å². The van der Waals surface area contributed by atoms with Gasteiger partial charge in [0.05, 0.1) is 12.5 Å².